The van der Waals surface area contributed by atoms with E-state index in [0.29, 0.717) is 17.1 Å². The minimum Gasteiger partial charge on any atom is -0.455 e. The van der Waals surface area contributed by atoms with Gasteiger partial charge in [-0.2, -0.15) is 5.10 Å². The zero-order valence-corrected chi connectivity index (χ0v) is 11.2. The van der Waals surface area contributed by atoms with E-state index in [1.807, 2.05) is 12.1 Å². The number of Topliss-reactive ketones (excluding diaryl/α,β-unsaturated/α-hetero) is 1. The van der Waals surface area contributed by atoms with Gasteiger partial charge in [-0.1, -0.05) is 24.3 Å². The molecule has 0 aliphatic heterocycles. The van der Waals surface area contributed by atoms with Gasteiger partial charge in [0, 0.05) is 18.1 Å². The molecular formula is C15H14N2O3. The first-order valence-electron chi connectivity index (χ1n) is 6.07. The highest BCUT2D eigenvalue weighted by atomic mass is 16.3. The molecule has 0 spiro atoms. The van der Waals surface area contributed by atoms with Crippen LogP contribution in [0.3, 0.4) is 0 Å². The van der Waals surface area contributed by atoms with Crippen molar-refractivity contribution in [3.8, 4) is 11.3 Å². The third-order valence-corrected chi connectivity index (χ3v) is 2.62. The van der Waals surface area contributed by atoms with Crippen molar-refractivity contribution >= 4 is 17.9 Å². The minimum atomic E-state index is -0.243. The predicted octanol–water partition coefficient (Wildman–Crippen LogP) is 2.62. The van der Waals surface area contributed by atoms with Gasteiger partial charge in [-0.15, -0.1) is 0 Å². The molecule has 5 nitrogen and oxygen atoms in total. The number of rotatable bonds is 4. The van der Waals surface area contributed by atoms with Crippen molar-refractivity contribution in [1.29, 1.82) is 0 Å². The summed E-state index contributed by atoms with van der Waals surface area (Å²) in [5.74, 6) is 0.987. The van der Waals surface area contributed by atoms with E-state index in [4.69, 9.17) is 4.42 Å². The summed E-state index contributed by atoms with van der Waals surface area (Å²) in [6, 6.07) is 10.7. The molecule has 0 bridgehead atoms. The van der Waals surface area contributed by atoms with Crippen LogP contribution in [0.25, 0.3) is 11.3 Å². The average molecular weight is 270 g/mol. The molecule has 0 saturated heterocycles. The normalized spacial score (nSPS) is 10.7. The van der Waals surface area contributed by atoms with E-state index < -0.39 is 0 Å². The van der Waals surface area contributed by atoms with Gasteiger partial charge in [-0.25, -0.2) is 5.43 Å². The highest BCUT2D eigenvalue weighted by Crippen LogP contribution is 2.22. The van der Waals surface area contributed by atoms with Crippen LogP contribution in [0.15, 0.2) is 45.9 Å². The number of nitrogens with one attached hydrogen (secondary N) is 1. The molecule has 0 fully saturated rings. The molecular weight excluding hydrogens is 256 g/mol. The van der Waals surface area contributed by atoms with Crippen molar-refractivity contribution < 1.29 is 14.0 Å². The highest BCUT2D eigenvalue weighted by Gasteiger charge is 2.05. The number of hydrogen-bond donors (Lipinski definition) is 1. The molecule has 102 valence electrons. The molecule has 1 aromatic carbocycles. The van der Waals surface area contributed by atoms with Crippen LogP contribution in [0.5, 0.6) is 0 Å². The van der Waals surface area contributed by atoms with Crippen molar-refractivity contribution in [1.82, 2.24) is 5.43 Å². The molecule has 1 heterocycles. The van der Waals surface area contributed by atoms with Gasteiger partial charge in [0.25, 0.3) is 0 Å². The fraction of sp³-hybridized carbons (Fsp3) is 0.133. The van der Waals surface area contributed by atoms with Crippen molar-refractivity contribution in [2.45, 2.75) is 13.8 Å². The molecule has 5 heteroatoms. The lowest BCUT2D eigenvalue weighted by atomic mass is 10.1. The zero-order valence-electron chi connectivity index (χ0n) is 11.2. The molecule has 0 unspecified atom stereocenters. The second kappa shape index (κ2) is 5.97. The molecule has 0 aliphatic rings. The van der Waals surface area contributed by atoms with Crippen LogP contribution in [-0.4, -0.2) is 17.9 Å². The maximum Gasteiger partial charge on any atom is 0.236 e. The van der Waals surface area contributed by atoms with Gasteiger partial charge in [-0.05, 0) is 19.1 Å². The Morgan fingerprint density at radius 2 is 1.80 bits per heavy atom. The number of nitrogens with zero attached hydrogens (tertiary/aromatic N) is 1. The third kappa shape index (κ3) is 3.41. The summed E-state index contributed by atoms with van der Waals surface area (Å²) in [6.45, 7) is 2.90. The smallest absolute Gasteiger partial charge is 0.236 e. The summed E-state index contributed by atoms with van der Waals surface area (Å²) in [6.07, 6.45) is 1.43. The van der Waals surface area contributed by atoms with E-state index in [9.17, 15) is 9.59 Å². The second-order valence-electron chi connectivity index (χ2n) is 4.26. The van der Waals surface area contributed by atoms with Gasteiger partial charge in [0.15, 0.2) is 5.78 Å². The Hall–Kier alpha value is -2.69. The Morgan fingerprint density at radius 3 is 2.40 bits per heavy atom. The van der Waals surface area contributed by atoms with E-state index in [1.54, 1.807) is 24.3 Å². The number of carbonyl (C=O) groups excluding carboxylic acids is 2. The summed E-state index contributed by atoms with van der Waals surface area (Å²) in [5, 5.41) is 3.72. The van der Waals surface area contributed by atoms with Crippen LogP contribution in [0.2, 0.25) is 0 Å². The van der Waals surface area contributed by atoms with Gasteiger partial charge in [0.05, 0.1) is 6.21 Å². The van der Waals surface area contributed by atoms with Crippen LogP contribution < -0.4 is 5.43 Å². The Labute approximate surface area is 116 Å². The van der Waals surface area contributed by atoms with Crippen LogP contribution in [-0.2, 0) is 4.79 Å². The highest BCUT2D eigenvalue weighted by molar-refractivity contribution is 5.94. The summed E-state index contributed by atoms with van der Waals surface area (Å²) < 4.78 is 5.57. The molecule has 1 amide bonds. The maximum absolute atomic E-state index is 11.2. The molecule has 2 rings (SSSR count). The fourth-order valence-electron chi connectivity index (χ4n) is 1.63. The zero-order chi connectivity index (χ0) is 14.5. The number of amides is 1. The molecule has 20 heavy (non-hydrogen) atoms. The minimum absolute atomic E-state index is 0.0270. The molecule has 0 saturated carbocycles. The standard InChI is InChI=1S/C15H14N2O3/c1-10(18)12-3-5-13(6-4-12)15-8-7-14(20-15)9-16-17-11(2)19/h3-9H,1-2H3,(H,17,19)/b16-9-. The van der Waals surface area contributed by atoms with Gasteiger partial charge >= 0.3 is 0 Å². The Bertz CT molecular complexity index is 654. The molecule has 2 aromatic rings. The number of carbonyl (C=O) groups is 2. The number of benzene rings is 1. The van der Waals surface area contributed by atoms with Crippen LogP contribution in [0.1, 0.15) is 30.0 Å². The maximum atomic E-state index is 11.2. The topological polar surface area (TPSA) is 71.7 Å². The van der Waals surface area contributed by atoms with Crippen molar-refractivity contribution in [3.63, 3.8) is 0 Å². The van der Waals surface area contributed by atoms with Crippen LogP contribution in [0, 0.1) is 0 Å². The molecule has 1 N–H and O–H groups in total. The van der Waals surface area contributed by atoms with Crippen LogP contribution in [0.4, 0.5) is 0 Å². The van der Waals surface area contributed by atoms with E-state index in [-0.39, 0.29) is 11.7 Å². The third-order valence-electron chi connectivity index (χ3n) is 2.62. The fourth-order valence-corrected chi connectivity index (χ4v) is 1.63. The average Bonchev–Trinajstić information content (AvgIpc) is 2.87. The summed E-state index contributed by atoms with van der Waals surface area (Å²) in [7, 11) is 0. The number of furan rings is 1. The number of ketones is 1. The summed E-state index contributed by atoms with van der Waals surface area (Å²) >= 11 is 0. The van der Waals surface area contributed by atoms with Crippen LogP contribution >= 0.6 is 0 Å². The SMILES string of the molecule is CC(=O)N/N=C\c1ccc(-c2ccc(C(C)=O)cc2)o1. The monoisotopic (exact) mass is 270 g/mol. The van der Waals surface area contributed by atoms with E-state index in [2.05, 4.69) is 10.5 Å². The Morgan fingerprint density at radius 1 is 1.10 bits per heavy atom. The van der Waals surface area contributed by atoms with Crippen molar-refractivity contribution in [3.05, 3.63) is 47.7 Å². The summed E-state index contributed by atoms with van der Waals surface area (Å²) in [5.41, 5.74) is 3.83. The van der Waals surface area contributed by atoms with Gasteiger partial charge < -0.3 is 4.42 Å². The van der Waals surface area contributed by atoms with E-state index in [0.717, 1.165) is 5.56 Å². The van der Waals surface area contributed by atoms with Crippen molar-refractivity contribution in [2.75, 3.05) is 0 Å². The first kappa shape index (κ1) is 13.7. The lowest BCUT2D eigenvalue weighted by Crippen LogP contribution is -2.12. The predicted molar refractivity (Wildman–Crippen MR) is 75.6 cm³/mol. The molecule has 0 aliphatic carbocycles. The first-order chi connectivity index (χ1) is 9.56. The molecule has 1 aromatic heterocycles. The van der Waals surface area contributed by atoms with Crippen molar-refractivity contribution in [2.24, 2.45) is 5.10 Å². The Balaban J connectivity index is 2.14. The van der Waals surface area contributed by atoms with Gasteiger partial charge in [0.1, 0.15) is 11.5 Å². The molecule has 0 atom stereocenters. The Kier molecular flexibility index (Phi) is 4.10. The number of hydrazone groups is 1. The van der Waals surface area contributed by atoms with E-state index >= 15 is 0 Å². The van der Waals surface area contributed by atoms with E-state index in [1.165, 1.54) is 20.1 Å². The quantitative estimate of drug-likeness (QED) is 0.527. The second-order valence-corrected chi connectivity index (χ2v) is 4.26. The number of hydrogen-bond acceptors (Lipinski definition) is 4. The first-order valence-corrected chi connectivity index (χ1v) is 6.07. The largest absolute Gasteiger partial charge is 0.455 e. The lowest BCUT2D eigenvalue weighted by Gasteiger charge is -1.98. The summed E-state index contributed by atoms with van der Waals surface area (Å²) in [4.78, 5) is 21.9. The lowest BCUT2D eigenvalue weighted by molar-refractivity contribution is -0.118. The van der Waals surface area contributed by atoms with Gasteiger partial charge in [0.2, 0.25) is 5.91 Å². The molecule has 0 radical (unpaired) electrons. The van der Waals surface area contributed by atoms with Gasteiger partial charge in [-0.3, -0.25) is 9.59 Å².